The van der Waals surface area contributed by atoms with Crippen LogP contribution in [-0.2, 0) is 0 Å². The third-order valence-corrected chi connectivity index (χ3v) is 4.08. The van der Waals surface area contributed by atoms with Gasteiger partial charge in [-0.1, -0.05) is 13.8 Å². The third kappa shape index (κ3) is 5.49. The van der Waals surface area contributed by atoms with Gasteiger partial charge >= 0.3 is 0 Å². The van der Waals surface area contributed by atoms with Crippen LogP contribution in [0.2, 0.25) is 0 Å². The lowest BCUT2D eigenvalue weighted by molar-refractivity contribution is 0.628. The Balaban J connectivity index is 2.29. The number of nitrogens with one attached hydrogen (secondary N) is 2. The van der Waals surface area contributed by atoms with Gasteiger partial charge in [0, 0.05) is 29.4 Å². The van der Waals surface area contributed by atoms with Crippen LogP contribution in [0.25, 0.3) is 11.3 Å². The minimum absolute atomic E-state index is 0.0799. The average Bonchev–Trinajstić information content (AvgIpc) is 2.61. The van der Waals surface area contributed by atoms with Gasteiger partial charge in [0.05, 0.1) is 11.9 Å². The largest absolute Gasteiger partial charge is 0.359 e. The molecule has 138 valence electrons. The lowest BCUT2D eigenvalue weighted by Gasteiger charge is -2.16. The van der Waals surface area contributed by atoms with E-state index in [0.29, 0.717) is 5.92 Å². The number of hydrogen-bond donors (Lipinski definition) is 2. The van der Waals surface area contributed by atoms with Crippen molar-refractivity contribution in [3.05, 3.63) is 59.7 Å². The second-order valence-corrected chi connectivity index (χ2v) is 6.56. The van der Waals surface area contributed by atoms with E-state index in [4.69, 9.17) is 0 Å². The van der Waals surface area contributed by atoms with E-state index in [1.807, 2.05) is 39.2 Å². The fourth-order valence-corrected chi connectivity index (χ4v) is 2.43. The van der Waals surface area contributed by atoms with Gasteiger partial charge in [0.2, 0.25) is 0 Å². The summed E-state index contributed by atoms with van der Waals surface area (Å²) in [5.74, 6) is 0.0813. The predicted molar refractivity (Wildman–Crippen MR) is 108 cm³/mol. The normalized spacial score (nSPS) is 13.4. The maximum absolute atomic E-state index is 13.2. The summed E-state index contributed by atoms with van der Waals surface area (Å²) in [4.78, 5) is 8.90. The van der Waals surface area contributed by atoms with Crippen molar-refractivity contribution in [2.75, 3.05) is 12.4 Å². The minimum atomic E-state index is -0.250. The van der Waals surface area contributed by atoms with Crippen LogP contribution in [0.4, 0.5) is 10.1 Å². The molecule has 0 aliphatic heterocycles. The van der Waals surface area contributed by atoms with Crippen LogP contribution in [0, 0.1) is 5.82 Å². The monoisotopic (exact) mass is 354 g/mol. The number of hydrogen-bond acceptors (Lipinski definition) is 4. The Morgan fingerprint density at radius 1 is 1.19 bits per heavy atom. The molecule has 2 rings (SSSR count). The summed E-state index contributed by atoms with van der Waals surface area (Å²) in [6.45, 7) is 8.25. The Labute approximate surface area is 155 Å². The van der Waals surface area contributed by atoms with Gasteiger partial charge in [-0.3, -0.25) is 15.3 Å². The van der Waals surface area contributed by atoms with E-state index in [-0.39, 0.29) is 12.0 Å². The molecule has 0 saturated carbocycles. The van der Waals surface area contributed by atoms with Gasteiger partial charge in [0.1, 0.15) is 5.82 Å². The van der Waals surface area contributed by atoms with Crippen molar-refractivity contribution in [1.82, 2.24) is 10.3 Å². The molecule has 0 fully saturated rings. The number of allylic oxidation sites excluding steroid dienone is 2. The van der Waals surface area contributed by atoms with Crippen LogP contribution >= 0.6 is 0 Å². The fraction of sp³-hybridized carbons (Fsp3) is 0.333. The summed E-state index contributed by atoms with van der Waals surface area (Å²) in [6, 6.07) is 8.39. The van der Waals surface area contributed by atoms with Gasteiger partial charge in [-0.15, -0.1) is 0 Å². The molecule has 2 N–H and O–H groups in total. The van der Waals surface area contributed by atoms with Gasteiger partial charge < -0.3 is 5.32 Å². The van der Waals surface area contributed by atoms with E-state index in [9.17, 15) is 4.39 Å². The molecule has 1 aromatic heterocycles. The van der Waals surface area contributed by atoms with Gasteiger partial charge in [-0.2, -0.15) is 0 Å². The van der Waals surface area contributed by atoms with Crippen molar-refractivity contribution in [2.45, 2.75) is 39.8 Å². The molecule has 1 unspecified atom stereocenters. The number of aliphatic imine (C=N–C) groups is 1. The zero-order valence-electron chi connectivity index (χ0n) is 16.0. The zero-order chi connectivity index (χ0) is 19.1. The topological polar surface area (TPSA) is 49.3 Å². The molecular weight excluding hydrogens is 327 g/mol. The smallest absolute Gasteiger partial charge is 0.123 e. The first-order valence-electron chi connectivity index (χ1n) is 8.81. The Hall–Kier alpha value is -2.53. The summed E-state index contributed by atoms with van der Waals surface area (Å²) in [7, 11) is 1.87. The third-order valence-electron chi connectivity index (χ3n) is 4.08. The van der Waals surface area contributed by atoms with Gasteiger partial charge in [0.15, 0.2) is 0 Å². The molecule has 4 nitrogen and oxygen atoms in total. The Bertz CT molecular complexity index is 779. The Morgan fingerprint density at radius 3 is 2.50 bits per heavy atom. The van der Waals surface area contributed by atoms with E-state index in [2.05, 4.69) is 34.5 Å². The summed E-state index contributed by atoms with van der Waals surface area (Å²) >= 11 is 0. The quantitative estimate of drug-likeness (QED) is 0.691. The van der Waals surface area contributed by atoms with Crippen LogP contribution in [0.1, 0.15) is 39.2 Å². The zero-order valence-corrected chi connectivity index (χ0v) is 16.0. The molecule has 0 spiro atoms. The number of benzene rings is 1. The summed E-state index contributed by atoms with van der Waals surface area (Å²) in [6.07, 6.45) is 5.70. The van der Waals surface area contributed by atoms with Gasteiger partial charge in [-0.25, -0.2) is 4.39 Å². The molecule has 1 aromatic carbocycles. The Kier molecular flexibility index (Phi) is 7.04. The lowest BCUT2D eigenvalue weighted by Crippen LogP contribution is -2.18. The van der Waals surface area contributed by atoms with Crippen molar-refractivity contribution in [3.8, 4) is 11.3 Å². The number of nitrogens with zero attached hydrogens (tertiary/aromatic N) is 2. The van der Waals surface area contributed by atoms with Crippen LogP contribution in [0.5, 0.6) is 0 Å². The second-order valence-electron chi connectivity index (χ2n) is 6.56. The summed E-state index contributed by atoms with van der Waals surface area (Å²) in [5.41, 5.74) is 4.80. The fourth-order valence-electron chi connectivity index (χ4n) is 2.43. The number of rotatable bonds is 7. The van der Waals surface area contributed by atoms with Gasteiger partial charge in [0.25, 0.3) is 0 Å². The van der Waals surface area contributed by atoms with E-state index in [1.54, 1.807) is 18.3 Å². The van der Waals surface area contributed by atoms with E-state index in [0.717, 1.165) is 28.2 Å². The number of pyridine rings is 1. The van der Waals surface area contributed by atoms with Crippen molar-refractivity contribution < 1.29 is 4.39 Å². The maximum atomic E-state index is 13.2. The number of anilines is 1. The molecule has 0 bridgehead atoms. The molecule has 2 aromatic rings. The highest BCUT2D eigenvalue weighted by atomic mass is 19.1. The second kappa shape index (κ2) is 9.25. The maximum Gasteiger partial charge on any atom is 0.123 e. The molecule has 0 amide bonds. The average molecular weight is 354 g/mol. The Morgan fingerprint density at radius 2 is 1.88 bits per heavy atom. The van der Waals surface area contributed by atoms with Crippen molar-refractivity contribution in [2.24, 2.45) is 4.99 Å². The highest BCUT2D eigenvalue weighted by Gasteiger charge is 2.10. The van der Waals surface area contributed by atoms with Crippen LogP contribution in [-0.4, -0.2) is 24.4 Å². The van der Waals surface area contributed by atoms with Crippen molar-refractivity contribution >= 4 is 11.9 Å². The summed E-state index contributed by atoms with van der Waals surface area (Å²) in [5, 5.41) is 6.50. The molecule has 5 heteroatoms. The predicted octanol–water partition coefficient (Wildman–Crippen LogP) is 4.96. The molecule has 0 aliphatic carbocycles. The van der Waals surface area contributed by atoms with Crippen LogP contribution in [0.3, 0.4) is 0 Å². The van der Waals surface area contributed by atoms with Crippen molar-refractivity contribution in [3.63, 3.8) is 0 Å². The molecule has 1 atom stereocenters. The molecule has 1 heterocycles. The summed E-state index contributed by atoms with van der Waals surface area (Å²) < 4.78 is 13.2. The van der Waals surface area contributed by atoms with E-state index < -0.39 is 0 Å². The van der Waals surface area contributed by atoms with Crippen molar-refractivity contribution in [1.29, 1.82) is 0 Å². The standard InChI is InChI=1S/C21H27FN4/c1-14(2)19-13-25-20(17-6-8-18(22)9-7-17)12-21(19)26-15(3)10-11-24-16(4)23-5/h6-14,16,23H,1-5H3,(H,25,26)/b15-10+,24-11-. The first-order chi connectivity index (χ1) is 12.4. The molecular formula is C21H27FN4. The first-order valence-corrected chi connectivity index (χ1v) is 8.81. The van der Waals surface area contributed by atoms with Crippen LogP contribution < -0.4 is 10.6 Å². The number of halogens is 1. The molecule has 0 saturated heterocycles. The van der Waals surface area contributed by atoms with Gasteiger partial charge in [-0.05, 0) is 68.8 Å². The lowest BCUT2D eigenvalue weighted by atomic mass is 10.0. The van der Waals surface area contributed by atoms with E-state index in [1.165, 1.54) is 12.1 Å². The number of aromatic nitrogens is 1. The van der Waals surface area contributed by atoms with Crippen LogP contribution in [0.15, 0.2) is 53.3 Å². The molecule has 0 radical (unpaired) electrons. The first kappa shape index (κ1) is 19.8. The molecule has 26 heavy (non-hydrogen) atoms. The van der Waals surface area contributed by atoms with E-state index >= 15 is 0 Å². The highest BCUT2D eigenvalue weighted by molar-refractivity contribution is 5.74. The SMILES string of the molecule is CNC(C)/N=C\C=C(/C)Nc1cc(-c2ccc(F)cc2)ncc1C(C)C. The highest BCUT2D eigenvalue weighted by Crippen LogP contribution is 2.29. The molecule has 0 aliphatic rings. The minimum Gasteiger partial charge on any atom is -0.359 e.